The predicted octanol–water partition coefficient (Wildman–Crippen LogP) is 14.9. The van der Waals surface area contributed by atoms with E-state index in [0.29, 0.717) is 17.4 Å². The van der Waals surface area contributed by atoms with Gasteiger partial charge in [-0.2, -0.15) is 0 Å². The number of carbonyl (C=O) groups is 2. The molecule has 0 aliphatic carbocycles. The molecule has 0 bridgehead atoms. The van der Waals surface area contributed by atoms with E-state index in [1.807, 2.05) is 21.1 Å². The number of ether oxygens (including phenoxy) is 2. The molecule has 2 unspecified atom stereocenters. The number of phosphoric ester groups is 1. The second-order valence-electron chi connectivity index (χ2n) is 19.3. The highest BCUT2D eigenvalue weighted by molar-refractivity contribution is 7.45. The van der Waals surface area contributed by atoms with Gasteiger partial charge in [0, 0.05) is 12.8 Å². The van der Waals surface area contributed by atoms with Gasteiger partial charge in [0.25, 0.3) is 7.82 Å². The monoisotopic (exact) mass is 888 g/mol. The first-order valence-corrected chi connectivity index (χ1v) is 27.7. The van der Waals surface area contributed by atoms with Gasteiger partial charge in [-0.05, 0) is 12.8 Å². The minimum atomic E-state index is -4.62. The Bertz CT molecular complexity index is 1010. The molecule has 0 N–H and O–H groups in total. The van der Waals surface area contributed by atoms with Crippen LogP contribution in [0.25, 0.3) is 0 Å². The molecule has 0 aliphatic rings. The molecule has 2 atom stereocenters. The zero-order valence-corrected chi connectivity index (χ0v) is 42.0. The zero-order chi connectivity index (χ0) is 45.0. The summed E-state index contributed by atoms with van der Waals surface area (Å²) in [6.45, 7) is 4.27. The minimum Gasteiger partial charge on any atom is -0.756 e. The van der Waals surface area contributed by atoms with E-state index in [2.05, 4.69) is 13.8 Å². The molecule has 0 aromatic heterocycles. The second kappa shape index (κ2) is 44.2. The van der Waals surface area contributed by atoms with Crippen LogP contribution in [0.15, 0.2) is 0 Å². The molecule has 0 rings (SSSR count). The summed E-state index contributed by atoms with van der Waals surface area (Å²) in [5, 5.41) is 0. The molecule has 0 aromatic rings. The maximum Gasteiger partial charge on any atom is 0.306 e. The molecular formula is C51H102NO8P. The number of quaternary nitrogens is 1. The van der Waals surface area contributed by atoms with Crippen molar-refractivity contribution in [3.8, 4) is 0 Å². The van der Waals surface area contributed by atoms with Crippen LogP contribution in [0, 0.1) is 0 Å². The van der Waals surface area contributed by atoms with Crippen LogP contribution in [0.1, 0.15) is 264 Å². The highest BCUT2D eigenvalue weighted by Crippen LogP contribution is 2.38. The van der Waals surface area contributed by atoms with Gasteiger partial charge in [-0.25, -0.2) is 0 Å². The lowest BCUT2D eigenvalue weighted by Crippen LogP contribution is -2.37. The Balaban J connectivity index is 4.06. The van der Waals surface area contributed by atoms with Crippen molar-refractivity contribution in [3.05, 3.63) is 0 Å². The van der Waals surface area contributed by atoms with E-state index in [0.717, 1.165) is 32.1 Å². The number of hydrogen-bond donors (Lipinski definition) is 0. The lowest BCUT2D eigenvalue weighted by Gasteiger charge is -2.28. The number of likely N-dealkylation sites (N-methyl/N-ethyl adjacent to an activating group) is 1. The molecule has 0 aliphatic heterocycles. The minimum absolute atomic E-state index is 0.0255. The van der Waals surface area contributed by atoms with Gasteiger partial charge in [0.15, 0.2) is 6.10 Å². The van der Waals surface area contributed by atoms with Crippen molar-refractivity contribution in [2.24, 2.45) is 0 Å². The van der Waals surface area contributed by atoms with Crippen LogP contribution in [-0.4, -0.2) is 70.0 Å². The predicted molar refractivity (Wildman–Crippen MR) is 255 cm³/mol. The third-order valence-electron chi connectivity index (χ3n) is 11.9. The van der Waals surface area contributed by atoms with Crippen LogP contribution in [0.5, 0.6) is 0 Å². The maximum absolute atomic E-state index is 12.7. The normalized spacial score (nSPS) is 13.3. The van der Waals surface area contributed by atoms with E-state index < -0.39 is 26.5 Å². The highest BCUT2D eigenvalue weighted by atomic mass is 31.2. The first kappa shape index (κ1) is 60.0. The summed E-state index contributed by atoms with van der Waals surface area (Å²) < 4.78 is 34.0. The molecule has 0 aromatic carbocycles. The largest absolute Gasteiger partial charge is 0.756 e. The molecule has 0 saturated carbocycles. The summed E-state index contributed by atoms with van der Waals surface area (Å²) in [5.41, 5.74) is 0. The first-order valence-electron chi connectivity index (χ1n) is 26.2. The smallest absolute Gasteiger partial charge is 0.306 e. The number of carbonyl (C=O) groups excluding carboxylic acids is 2. The van der Waals surface area contributed by atoms with E-state index in [1.165, 1.54) is 199 Å². The standard InChI is InChI=1S/C51H102NO8P/c1-6-8-10-12-14-16-18-19-20-21-22-23-24-25-26-27-28-29-30-31-32-34-36-38-40-42-44-51(54)60-49(48-59-61(55,56)58-46-45-52(3,4)5)47-57-50(53)43-41-39-37-35-33-17-15-13-11-9-7-2/h49H,6-48H2,1-5H3. The fourth-order valence-electron chi connectivity index (χ4n) is 7.78. The third kappa shape index (κ3) is 48.3. The van der Waals surface area contributed by atoms with Gasteiger partial charge >= 0.3 is 11.9 Å². The summed E-state index contributed by atoms with van der Waals surface area (Å²) in [6, 6.07) is 0. The summed E-state index contributed by atoms with van der Waals surface area (Å²) in [6.07, 6.45) is 47.2. The molecule has 0 saturated heterocycles. The lowest BCUT2D eigenvalue weighted by molar-refractivity contribution is -0.870. The number of hydrogen-bond acceptors (Lipinski definition) is 8. The molecule has 0 heterocycles. The topological polar surface area (TPSA) is 111 Å². The Morgan fingerprint density at radius 1 is 0.443 bits per heavy atom. The fraction of sp³-hybridized carbons (Fsp3) is 0.961. The van der Waals surface area contributed by atoms with Gasteiger partial charge < -0.3 is 27.9 Å². The molecule has 61 heavy (non-hydrogen) atoms. The summed E-state index contributed by atoms with van der Waals surface area (Å²) >= 11 is 0. The molecular weight excluding hydrogens is 786 g/mol. The zero-order valence-electron chi connectivity index (χ0n) is 41.1. The average molecular weight is 888 g/mol. The number of phosphoric acid groups is 1. The Hall–Kier alpha value is -0.990. The summed E-state index contributed by atoms with van der Waals surface area (Å²) in [4.78, 5) is 37.6. The van der Waals surface area contributed by atoms with Gasteiger partial charge in [0.05, 0.1) is 27.7 Å². The molecule has 0 radical (unpaired) electrons. The van der Waals surface area contributed by atoms with Crippen molar-refractivity contribution in [2.45, 2.75) is 270 Å². The maximum atomic E-state index is 12.7. The van der Waals surface area contributed by atoms with Crippen molar-refractivity contribution in [1.29, 1.82) is 0 Å². The van der Waals surface area contributed by atoms with E-state index in [9.17, 15) is 19.0 Å². The Labute approximate surface area is 378 Å². The van der Waals surface area contributed by atoms with Crippen LogP contribution >= 0.6 is 7.82 Å². The summed E-state index contributed by atoms with van der Waals surface area (Å²) in [7, 11) is 1.19. The summed E-state index contributed by atoms with van der Waals surface area (Å²) in [5.74, 6) is -0.817. The quantitative estimate of drug-likeness (QED) is 0.0257. The third-order valence-corrected chi connectivity index (χ3v) is 12.8. The highest BCUT2D eigenvalue weighted by Gasteiger charge is 2.21. The molecule has 0 fully saturated rings. The lowest BCUT2D eigenvalue weighted by atomic mass is 10.0. The van der Waals surface area contributed by atoms with Crippen molar-refractivity contribution < 1.29 is 42.1 Å². The number of nitrogens with zero attached hydrogens (tertiary/aromatic N) is 1. The Morgan fingerprint density at radius 3 is 1.05 bits per heavy atom. The molecule has 0 spiro atoms. The molecule has 10 heteroatoms. The van der Waals surface area contributed by atoms with E-state index in [-0.39, 0.29) is 32.0 Å². The van der Waals surface area contributed by atoms with Crippen LogP contribution in [0.2, 0.25) is 0 Å². The first-order chi connectivity index (χ1) is 29.5. The second-order valence-corrected chi connectivity index (χ2v) is 20.7. The van der Waals surface area contributed by atoms with Crippen molar-refractivity contribution in [3.63, 3.8) is 0 Å². The van der Waals surface area contributed by atoms with Gasteiger partial charge in [-0.3, -0.25) is 14.2 Å². The molecule has 364 valence electrons. The molecule has 9 nitrogen and oxygen atoms in total. The van der Waals surface area contributed by atoms with E-state index in [4.69, 9.17) is 18.5 Å². The number of esters is 2. The van der Waals surface area contributed by atoms with Gasteiger partial charge in [-0.15, -0.1) is 0 Å². The number of unbranched alkanes of at least 4 members (excludes halogenated alkanes) is 35. The van der Waals surface area contributed by atoms with Crippen molar-refractivity contribution in [2.75, 3.05) is 47.5 Å². The average Bonchev–Trinajstić information content (AvgIpc) is 3.21. The van der Waals surface area contributed by atoms with Crippen LogP contribution in [-0.2, 0) is 32.7 Å². The van der Waals surface area contributed by atoms with Gasteiger partial charge in [0.2, 0.25) is 0 Å². The van der Waals surface area contributed by atoms with E-state index >= 15 is 0 Å². The SMILES string of the molecule is CCCCCCCCCCCCCCCCCCCCCCCCCCCCC(=O)OC(COC(=O)CCCCCCCCCCCCC)COP(=O)([O-])OCC[N+](C)(C)C. The van der Waals surface area contributed by atoms with E-state index in [1.54, 1.807) is 0 Å². The van der Waals surface area contributed by atoms with Crippen LogP contribution in [0.3, 0.4) is 0 Å². The van der Waals surface area contributed by atoms with Crippen molar-refractivity contribution >= 4 is 19.8 Å². The number of rotatable bonds is 49. The Morgan fingerprint density at radius 2 is 0.738 bits per heavy atom. The van der Waals surface area contributed by atoms with Crippen LogP contribution < -0.4 is 4.89 Å². The van der Waals surface area contributed by atoms with Gasteiger partial charge in [0.1, 0.15) is 19.8 Å². The van der Waals surface area contributed by atoms with Crippen molar-refractivity contribution in [1.82, 2.24) is 0 Å². The van der Waals surface area contributed by atoms with Crippen LogP contribution in [0.4, 0.5) is 0 Å². The fourth-order valence-corrected chi connectivity index (χ4v) is 8.50. The van der Waals surface area contributed by atoms with Gasteiger partial charge in [-0.1, -0.05) is 239 Å². The Kier molecular flexibility index (Phi) is 43.5. The molecule has 0 amide bonds.